The van der Waals surface area contributed by atoms with Crippen LogP contribution in [0.15, 0.2) is 83.8 Å². The first-order valence-electron chi connectivity index (χ1n) is 10.9. The first-order chi connectivity index (χ1) is 15.6. The van der Waals surface area contributed by atoms with Gasteiger partial charge in [-0.1, -0.05) is 82.7 Å². The average Bonchev–Trinajstić information content (AvgIpc) is 2.84. The van der Waals surface area contributed by atoms with E-state index in [1.165, 1.54) is 0 Å². The standard InChI is InChI=1S/C26H27BrNO3S/c1-20-22-13-5-8-16-25(22)32(30)26(28(20)29,19-21-11-3-2-4-12-21)23-14-6-7-15-24(23)31-18-10-9-17-27/h2-8,11-16,20H,9-10,17-19H2,1H3/q-1. The Bertz CT molecular complexity index is 1080. The largest absolute Gasteiger partial charge is 0.783 e. The fourth-order valence-corrected chi connectivity index (χ4v) is 6.72. The molecule has 0 aliphatic carbocycles. The first-order valence-corrected chi connectivity index (χ1v) is 13.2. The van der Waals surface area contributed by atoms with Crippen molar-refractivity contribution in [3.8, 4) is 5.75 Å². The highest BCUT2D eigenvalue weighted by Gasteiger charge is 2.48. The summed E-state index contributed by atoms with van der Waals surface area (Å²) in [5, 5.41) is 16.0. The van der Waals surface area contributed by atoms with Gasteiger partial charge in [-0.2, -0.15) is 0 Å². The molecule has 0 aromatic heterocycles. The topological polar surface area (TPSA) is 52.6 Å². The summed E-state index contributed by atoms with van der Waals surface area (Å²) in [6.07, 6.45) is 2.22. The zero-order valence-electron chi connectivity index (χ0n) is 18.1. The van der Waals surface area contributed by atoms with Crippen molar-refractivity contribution in [1.29, 1.82) is 0 Å². The molecule has 3 aromatic rings. The SMILES string of the molecule is CC1c2ccccc2S(=O)C(Cc2ccccc2)(c2ccccc2OCCCCBr)N1[O-]. The number of halogens is 1. The third kappa shape index (κ3) is 4.29. The molecule has 168 valence electrons. The zero-order valence-corrected chi connectivity index (χ0v) is 20.5. The Morgan fingerprint density at radius 3 is 2.47 bits per heavy atom. The summed E-state index contributed by atoms with van der Waals surface area (Å²) in [5.74, 6) is 0.624. The lowest BCUT2D eigenvalue weighted by Gasteiger charge is -2.55. The molecule has 0 saturated heterocycles. The van der Waals surface area contributed by atoms with Gasteiger partial charge in [0.05, 0.1) is 17.4 Å². The number of alkyl halides is 1. The molecule has 32 heavy (non-hydrogen) atoms. The number of benzene rings is 3. The molecular formula is C26H27BrNO3S-. The Morgan fingerprint density at radius 1 is 1.00 bits per heavy atom. The number of para-hydroxylation sites is 1. The smallest absolute Gasteiger partial charge is 0.125 e. The first kappa shape index (κ1) is 23.2. The molecule has 1 aliphatic heterocycles. The number of fused-ring (bicyclic) bond motifs is 1. The number of hydrogen-bond acceptors (Lipinski definition) is 4. The van der Waals surface area contributed by atoms with Crippen LogP contribution in [0.2, 0.25) is 0 Å². The van der Waals surface area contributed by atoms with Gasteiger partial charge in [-0.15, -0.1) is 0 Å². The minimum atomic E-state index is -1.61. The minimum absolute atomic E-state index is 0.324. The van der Waals surface area contributed by atoms with Gasteiger partial charge in [0.25, 0.3) is 0 Å². The van der Waals surface area contributed by atoms with Crippen LogP contribution >= 0.6 is 15.9 Å². The summed E-state index contributed by atoms with van der Waals surface area (Å²) in [7, 11) is -1.61. The monoisotopic (exact) mass is 512 g/mol. The van der Waals surface area contributed by atoms with E-state index in [0.29, 0.717) is 24.3 Å². The van der Waals surface area contributed by atoms with E-state index in [4.69, 9.17) is 4.74 Å². The lowest BCUT2D eigenvalue weighted by molar-refractivity contribution is 0.165. The average molecular weight is 513 g/mol. The van der Waals surface area contributed by atoms with Gasteiger partial charge < -0.3 is 15.0 Å². The molecule has 0 spiro atoms. The van der Waals surface area contributed by atoms with E-state index in [1.807, 2.05) is 85.8 Å². The molecule has 1 aliphatic rings. The second-order valence-electron chi connectivity index (χ2n) is 8.00. The predicted octanol–water partition coefficient (Wildman–Crippen LogP) is 6.32. The number of rotatable bonds is 8. The number of nitrogens with zero attached hydrogens (tertiary/aromatic N) is 1. The Hall–Kier alpha value is -1.99. The van der Waals surface area contributed by atoms with E-state index in [-0.39, 0.29) is 0 Å². The number of hydroxylamine groups is 2. The van der Waals surface area contributed by atoms with Crippen molar-refractivity contribution in [3.63, 3.8) is 0 Å². The Balaban J connectivity index is 1.87. The second kappa shape index (κ2) is 10.3. The van der Waals surface area contributed by atoms with Gasteiger partial charge in [0.15, 0.2) is 0 Å². The van der Waals surface area contributed by atoms with E-state index in [0.717, 1.165) is 39.3 Å². The molecule has 6 heteroatoms. The van der Waals surface area contributed by atoms with E-state index < -0.39 is 21.7 Å². The molecule has 0 radical (unpaired) electrons. The Morgan fingerprint density at radius 2 is 1.69 bits per heavy atom. The highest BCUT2D eigenvalue weighted by molar-refractivity contribution is 9.09. The quantitative estimate of drug-likeness (QED) is 0.261. The van der Waals surface area contributed by atoms with Gasteiger partial charge in [-0.05, 0) is 43.0 Å². The lowest BCUT2D eigenvalue weighted by atomic mass is 9.94. The van der Waals surface area contributed by atoms with Gasteiger partial charge in [0, 0.05) is 28.3 Å². The molecule has 0 fully saturated rings. The molecule has 0 saturated carbocycles. The van der Waals surface area contributed by atoms with Crippen LogP contribution in [0.1, 0.15) is 42.5 Å². The van der Waals surface area contributed by atoms with Gasteiger partial charge >= 0.3 is 0 Å². The highest BCUT2D eigenvalue weighted by Crippen LogP contribution is 2.50. The van der Waals surface area contributed by atoms with Crippen LogP contribution in [-0.2, 0) is 22.1 Å². The summed E-state index contributed by atoms with van der Waals surface area (Å²) in [6.45, 7) is 2.43. The van der Waals surface area contributed by atoms with Crippen molar-refractivity contribution >= 4 is 26.7 Å². The number of hydrogen-bond donors (Lipinski definition) is 0. The zero-order chi connectivity index (χ0) is 22.6. The molecule has 0 amide bonds. The maximum atomic E-state index is 14.2. The summed E-state index contributed by atoms with van der Waals surface area (Å²) in [5.41, 5.74) is 2.46. The predicted molar refractivity (Wildman–Crippen MR) is 133 cm³/mol. The minimum Gasteiger partial charge on any atom is -0.783 e. The van der Waals surface area contributed by atoms with Crippen LogP contribution in [-0.4, -0.2) is 21.2 Å². The lowest BCUT2D eigenvalue weighted by Crippen LogP contribution is -2.52. The van der Waals surface area contributed by atoms with E-state index in [2.05, 4.69) is 15.9 Å². The Labute approximate surface area is 200 Å². The van der Waals surface area contributed by atoms with Crippen LogP contribution in [0, 0.1) is 5.21 Å². The van der Waals surface area contributed by atoms with Gasteiger partial charge in [-0.25, -0.2) is 0 Å². The van der Waals surface area contributed by atoms with E-state index in [9.17, 15) is 9.42 Å². The second-order valence-corrected chi connectivity index (χ2v) is 10.4. The fraction of sp³-hybridized carbons (Fsp3) is 0.308. The highest BCUT2D eigenvalue weighted by atomic mass is 79.9. The third-order valence-electron chi connectivity index (χ3n) is 5.96. The Kier molecular flexibility index (Phi) is 7.46. The van der Waals surface area contributed by atoms with Crippen molar-refractivity contribution < 1.29 is 8.95 Å². The van der Waals surface area contributed by atoms with E-state index in [1.54, 1.807) is 0 Å². The molecular weight excluding hydrogens is 486 g/mol. The summed E-state index contributed by atoms with van der Waals surface area (Å²) >= 11 is 3.45. The molecule has 4 nitrogen and oxygen atoms in total. The summed E-state index contributed by atoms with van der Waals surface area (Å²) in [6, 6.07) is 24.5. The normalized spacial score (nSPS) is 23.0. The fourth-order valence-electron chi connectivity index (χ4n) is 4.32. The van der Waals surface area contributed by atoms with Crippen molar-refractivity contribution in [2.75, 3.05) is 11.9 Å². The van der Waals surface area contributed by atoms with Crippen LogP contribution in [0.3, 0.4) is 0 Å². The molecule has 0 N–H and O–H groups in total. The van der Waals surface area contributed by atoms with E-state index >= 15 is 0 Å². The van der Waals surface area contributed by atoms with Crippen LogP contribution < -0.4 is 4.74 Å². The van der Waals surface area contributed by atoms with Crippen molar-refractivity contribution in [3.05, 3.63) is 101 Å². The van der Waals surface area contributed by atoms with Crippen molar-refractivity contribution in [1.82, 2.24) is 5.06 Å². The number of ether oxygens (including phenoxy) is 1. The van der Waals surface area contributed by atoms with Gasteiger partial charge in [-0.3, -0.25) is 4.21 Å². The molecule has 1 heterocycles. The third-order valence-corrected chi connectivity index (χ3v) is 8.45. The molecule has 3 atom stereocenters. The van der Waals surface area contributed by atoms with Gasteiger partial charge in [0.1, 0.15) is 10.6 Å². The summed E-state index contributed by atoms with van der Waals surface area (Å²) < 4.78 is 20.4. The maximum Gasteiger partial charge on any atom is 0.125 e. The molecule has 3 aromatic carbocycles. The summed E-state index contributed by atoms with van der Waals surface area (Å²) in [4.78, 5) is -0.571. The molecule has 0 bridgehead atoms. The number of unbranched alkanes of at least 4 members (excludes halogenated alkanes) is 1. The maximum absolute atomic E-state index is 14.2. The van der Waals surface area contributed by atoms with Gasteiger partial charge in [0.2, 0.25) is 0 Å². The molecule has 3 unspecified atom stereocenters. The van der Waals surface area contributed by atoms with Crippen molar-refractivity contribution in [2.24, 2.45) is 0 Å². The molecule has 4 rings (SSSR count). The van der Waals surface area contributed by atoms with Crippen LogP contribution in [0.5, 0.6) is 5.75 Å². The van der Waals surface area contributed by atoms with Crippen LogP contribution in [0.25, 0.3) is 0 Å². The van der Waals surface area contributed by atoms with Crippen LogP contribution in [0.4, 0.5) is 0 Å². The van der Waals surface area contributed by atoms with Crippen molar-refractivity contribution in [2.45, 2.75) is 42.0 Å².